The molecule has 1 saturated heterocycles. The molecule has 3 fully saturated rings. The van der Waals surface area contributed by atoms with E-state index in [0.717, 1.165) is 18.4 Å². The van der Waals surface area contributed by atoms with Crippen molar-refractivity contribution < 1.29 is 24.5 Å². The van der Waals surface area contributed by atoms with Gasteiger partial charge < -0.3 is 14.9 Å². The van der Waals surface area contributed by atoms with E-state index in [9.17, 15) is 19.8 Å². The van der Waals surface area contributed by atoms with Gasteiger partial charge in [0.05, 0.1) is 12.7 Å². The molecule has 136 valence electrons. The molecule has 5 heteroatoms. The smallest absolute Gasteiger partial charge is 0.187 e. The van der Waals surface area contributed by atoms with Gasteiger partial charge in [0.2, 0.25) is 0 Å². The van der Waals surface area contributed by atoms with Crippen molar-refractivity contribution >= 4 is 11.6 Å². The van der Waals surface area contributed by atoms with E-state index in [1.807, 2.05) is 13.0 Å². The van der Waals surface area contributed by atoms with Crippen LogP contribution >= 0.6 is 0 Å². The Morgan fingerprint density at radius 1 is 1.40 bits per heavy atom. The number of carbonyl (C=O) groups is 2. The first-order chi connectivity index (χ1) is 11.8. The minimum absolute atomic E-state index is 0.0267. The second-order valence-corrected chi connectivity index (χ2v) is 8.64. The first kappa shape index (κ1) is 17.1. The average Bonchev–Trinajstić information content (AvgIpc) is 2.91. The highest BCUT2D eigenvalue weighted by atomic mass is 16.5. The molecule has 2 saturated carbocycles. The van der Waals surface area contributed by atoms with E-state index in [-0.39, 0.29) is 34.7 Å². The first-order valence-corrected chi connectivity index (χ1v) is 9.19. The maximum absolute atomic E-state index is 12.2. The highest BCUT2D eigenvalue weighted by molar-refractivity contribution is 6.01. The van der Waals surface area contributed by atoms with Crippen LogP contribution in [0.5, 0.6) is 0 Å². The lowest BCUT2D eigenvalue weighted by molar-refractivity contribution is -0.142. The van der Waals surface area contributed by atoms with Crippen molar-refractivity contribution in [2.24, 2.45) is 28.6 Å². The monoisotopic (exact) mass is 346 g/mol. The molecule has 0 aromatic heterocycles. The average molecular weight is 346 g/mol. The summed E-state index contributed by atoms with van der Waals surface area (Å²) in [5, 5.41) is 20.4. The topological polar surface area (TPSA) is 83.8 Å². The molecular weight excluding hydrogens is 320 g/mol. The van der Waals surface area contributed by atoms with Crippen LogP contribution in [-0.4, -0.2) is 47.2 Å². The van der Waals surface area contributed by atoms with Gasteiger partial charge in [0, 0.05) is 16.7 Å². The molecule has 0 spiro atoms. The van der Waals surface area contributed by atoms with E-state index in [1.54, 1.807) is 12.2 Å². The fourth-order valence-corrected chi connectivity index (χ4v) is 6.25. The molecule has 7 atom stereocenters. The van der Waals surface area contributed by atoms with Gasteiger partial charge in [0.25, 0.3) is 0 Å². The summed E-state index contributed by atoms with van der Waals surface area (Å²) in [5.74, 6) is 0.192. The van der Waals surface area contributed by atoms with Crippen molar-refractivity contribution in [3.05, 3.63) is 23.8 Å². The van der Waals surface area contributed by atoms with Crippen LogP contribution in [0.1, 0.15) is 33.1 Å². The lowest BCUT2D eigenvalue weighted by atomic mass is 9.47. The molecule has 5 nitrogen and oxygen atoms in total. The molecule has 4 aliphatic rings. The zero-order valence-corrected chi connectivity index (χ0v) is 14.8. The fraction of sp³-hybridized carbons (Fsp3) is 0.700. The molecule has 0 aromatic rings. The van der Waals surface area contributed by atoms with Crippen LogP contribution in [0.2, 0.25) is 0 Å². The first-order valence-electron chi connectivity index (χ1n) is 9.19. The molecular formula is C20H26O5. The predicted molar refractivity (Wildman–Crippen MR) is 90.6 cm³/mol. The predicted octanol–water partition coefficient (Wildman–Crippen LogP) is 1.43. The van der Waals surface area contributed by atoms with E-state index in [1.165, 1.54) is 0 Å². The summed E-state index contributed by atoms with van der Waals surface area (Å²) in [5.41, 5.74) is 0.369. The molecule has 3 aliphatic carbocycles. The van der Waals surface area contributed by atoms with Crippen LogP contribution in [0.15, 0.2) is 23.8 Å². The van der Waals surface area contributed by atoms with E-state index in [4.69, 9.17) is 4.74 Å². The Morgan fingerprint density at radius 2 is 2.16 bits per heavy atom. The summed E-state index contributed by atoms with van der Waals surface area (Å²) in [6.45, 7) is 4.12. The van der Waals surface area contributed by atoms with E-state index >= 15 is 0 Å². The van der Waals surface area contributed by atoms with Crippen LogP contribution in [0.25, 0.3) is 0 Å². The summed E-state index contributed by atoms with van der Waals surface area (Å²) in [6.07, 6.45) is 6.36. The highest BCUT2D eigenvalue weighted by Gasteiger charge is 2.63. The fourth-order valence-electron chi connectivity index (χ4n) is 6.25. The van der Waals surface area contributed by atoms with Gasteiger partial charge in [0.1, 0.15) is 12.7 Å². The SMILES string of the molecule is CC12CC(O)C3C(CCC4=CC(=O)C=C[C@@]43C)C1COC2C(=O)CO. The van der Waals surface area contributed by atoms with Gasteiger partial charge in [-0.2, -0.15) is 0 Å². The van der Waals surface area contributed by atoms with E-state index in [2.05, 4.69) is 6.92 Å². The maximum Gasteiger partial charge on any atom is 0.187 e. The minimum Gasteiger partial charge on any atom is -0.393 e. The largest absolute Gasteiger partial charge is 0.393 e. The molecule has 25 heavy (non-hydrogen) atoms. The van der Waals surface area contributed by atoms with Gasteiger partial charge in [-0.05, 0) is 43.3 Å². The summed E-state index contributed by atoms with van der Waals surface area (Å²) in [4.78, 5) is 23.9. The third kappa shape index (κ3) is 2.25. The van der Waals surface area contributed by atoms with Crippen LogP contribution in [0, 0.1) is 28.6 Å². The highest BCUT2D eigenvalue weighted by Crippen LogP contribution is 2.63. The second-order valence-electron chi connectivity index (χ2n) is 8.64. The van der Waals surface area contributed by atoms with Crippen LogP contribution < -0.4 is 0 Å². The number of carbonyl (C=O) groups excluding carboxylic acids is 2. The third-order valence-corrected chi connectivity index (χ3v) is 7.42. The Hall–Kier alpha value is -1.30. The van der Waals surface area contributed by atoms with Gasteiger partial charge in [-0.15, -0.1) is 0 Å². The number of hydrogen-bond acceptors (Lipinski definition) is 5. The van der Waals surface area contributed by atoms with Gasteiger partial charge in [-0.3, -0.25) is 9.59 Å². The Kier molecular flexibility index (Phi) is 3.84. The van der Waals surface area contributed by atoms with E-state index < -0.39 is 24.2 Å². The summed E-state index contributed by atoms with van der Waals surface area (Å²) < 4.78 is 5.83. The van der Waals surface area contributed by atoms with E-state index in [0.29, 0.717) is 13.0 Å². The number of aliphatic hydroxyl groups excluding tert-OH is 2. The Bertz CT molecular complexity index is 680. The Morgan fingerprint density at radius 3 is 2.88 bits per heavy atom. The van der Waals surface area contributed by atoms with Crippen molar-refractivity contribution in [3.8, 4) is 0 Å². The molecule has 6 unspecified atom stereocenters. The van der Waals surface area contributed by atoms with Gasteiger partial charge in [-0.1, -0.05) is 25.5 Å². The molecule has 0 radical (unpaired) electrons. The molecule has 2 N–H and O–H groups in total. The number of ether oxygens (including phenoxy) is 1. The van der Waals surface area contributed by atoms with Gasteiger partial charge in [-0.25, -0.2) is 0 Å². The van der Waals surface area contributed by atoms with Gasteiger partial charge in [0.15, 0.2) is 11.6 Å². The number of allylic oxidation sites excluding steroid dienone is 4. The zero-order chi connectivity index (χ0) is 18.0. The molecule has 4 rings (SSSR count). The molecule has 1 heterocycles. The van der Waals surface area contributed by atoms with Crippen LogP contribution in [0.4, 0.5) is 0 Å². The second kappa shape index (κ2) is 5.60. The Balaban J connectivity index is 1.71. The summed E-state index contributed by atoms with van der Waals surface area (Å²) in [7, 11) is 0. The minimum atomic E-state index is -0.633. The van der Waals surface area contributed by atoms with Crippen LogP contribution in [-0.2, 0) is 14.3 Å². The normalized spacial score (nSPS) is 48.4. The van der Waals surface area contributed by atoms with Crippen molar-refractivity contribution in [2.45, 2.75) is 45.3 Å². The lowest BCUT2D eigenvalue weighted by Crippen LogP contribution is -2.57. The maximum atomic E-state index is 12.2. The number of hydrogen-bond donors (Lipinski definition) is 2. The zero-order valence-electron chi connectivity index (χ0n) is 14.8. The van der Waals surface area contributed by atoms with Crippen molar-refractivity contribution in [1.29, 1.82) is 0 Å². The number of rotatable bonds is 2. The number of ketones is 2. The lowest BCUT2D eigenvalue weighted by Gasteiger charge is -2.57. The molecule has 1 aliphatic heterocycles. The van der Waals surface area contributed by atoms with Crippen molar-refractivity contribution in [2.75, 3.05) is 13.2 Å². The van der Waals surface area contributed by atoms with Gasteiger partial charge >= 0.3 is 0 Å². The number of aliphatic hydroxyl groups is 2. The standard InChI is InChI=1S/C20H26O5/c1-19-6-5-12(22)7-11(19)3-4-13-14-10-25-18(16(24)9-21)20(14,2)8-15(23)17(13)19/h5-7,13-15,17-18,21,23H,3-4,8-10H2,1-2H3/t13?,14?,15?,17?,18?,19-,20?/m0/s1. The third-order valence-electron chi connectivity index (χ3n) is 7.42. The van der Waals surface area contributed by atoms with Crippen LogP contribution in [0.3, 0.4) is 0 Å². The number of fused-ring (bicyclic) bond motifs is 5. The molecule has 0 amide bonds. The van der Waals surface area contributed by atoms with Crippen molar-refractivity contribution in [3.63, 3.8) is 0 Å². The molecule has 0 bridgehead atoms. The van der Waals surface area contributed by atoms with Crippen molar-refractivity contribution in [1.82, 2.24) is 0 Å². The number of Topliss-reactive ketones (excluding diaryl/α,β-unsaturated/α-hetero) is 1. The quantitative estimate of drug-likeness (QED) is 0.790. The molecule has 0 aromatic carbocycles. The Labute approximate surface area is 147 Å². The summed E-state index contributed by atoms with van der Waals surface area (Å²) in [6, 6.07) is 0. The summed E-state index contributed by atoms with van der Waals surface area (Å²) >= 11 is 0.